The molecular formula is C22H26N8O3. The maximum Gasteiger partial charge on any atom is 0.410 e. The molecule has 172 valence electrons. The zero-order valence-electron chi connectivity index (χ0n) is 19.3. The van der Waals surface area contributed by atoms with Crippen molar-refractivity contribution in [3.8, 4) is 17.3 Å². The van der Waals surface area contributed by atoms with Crippen LogP contribution in [0.15, 0.2) is 18.6 Å². The summed E-state index contributed by atoms with van der Waals surface area (Å²) in [5, 5.41) is 8.08. The lowest BCUT2D eigenvalue weighted by atomic mass is 10.2. The Morgan fingerprint density at radius 1 is 1.24 bits per heavy atom. The number of ether oxygens (including phenoxy) is 2. The van der Waals surface area contributed by atoms with Gasteiger partial charge in [0, 0.05) is 42.9 Å². The maximum atomic E-state index is 12.4. The first-order valence-corrected chi connectivity index (χ1v) is 10.8. The molecule has 11 heteroatoms. The van der Waals surface area contributed by atoms with Crippen LogP contribution in [0.5, 0.6) is 5.88 Å². The average Bonchev–Trinajstić information content (AvgIpc) is 3.46. The number of hydrogen-bond donors (Lipinski definition) is 1. The lowest BCUT2D eigenvalue weighted by molar-refractivity contribution is 0.0275. The molecule has 1 unspecified atom stereocenters. The number of hydrogen-bond acceptors (Lipinski definition) is 8. The van der Waals surface area contributed by atoms with Crippen molar-refractivity contribution in [2.45, 2.75) is 45.8 Å². The fourth-order valence-corrected chi connectivity index (χ4v) is 3.94. The van der Waals surface area contributed by atoms with E-state index < -0.39 is 5.60 Å². The van der Waals surface area contributed by atoms with E-state index in [2.05, 4.69) is 25.1 Å². The molecule has 1 N–H and O–H groups in total. The van der Waals surface area contributed by atoms with Crippen LogP contribution < -0.4 is 4.74 Å². The SMILES string of the molecule is Cc1[nH]nc2ncc(-c3nc4c(OC5CCN(C(=O)OC(C)(C)C)C5)ncnc4n3C)cc12. The summed E-state index contributed by atoms with van der Waals surface area (Å²) < 4.78 is 13.5. The van der Waals surface area contributed by atoms with Gasteiger partial charge in [-0.1, -0.05) is 0 Å². The van der Waals surface area contributed by atoms with Crippen molar-refractivity contribution in [3.05, 3.63) is 24.3 Å². The van der Waals surface area contributed by atoms with Crippen molar-refractivity contribution in [2.24, 2.45) is 7.05 Å². The number of aromatic amines is 1. The van der Waals surface area contributed by atoms with Gasteiger partial charge in [0.1, 0.15) is 23.9 Å². The molecule has 33 heavy (non-hydrogen) atoms. The van der Waals surface area contributed by atoms with Gasteiger partial charge < -0.3 is 18.9 Å². The number of H-pyrrole nitrogens is 1. The number of fused-ring (bicyclic) bond motifs is 2. The smallest absolute Gasteiger partial charge is 0.410 e. The lowest BCUT2D eigenvalue weighted by Gasteiger charge is -2.24. The Balaban J connectivity index is 1.41. The Hall–Kier alpha value is -3.76. The minimum absolute atomic E-state index is 0.201. The van der Waals surface area contributed by atoms with Gasteiger partial charge in [0.05, 0.1) is 6.54 Å². The summed E-state index contributed by atoms with van der Waals surface area (Å²) in [7, 11) is 1.90. The summed E-state index contributed by atoms with van der Waals surface area (Å²) in [5.74, 6) is 1.10. The average molecular weight is 451 g/mol. The molecule has 11 nitrogen and oxygen atoms in total. The maximum absolute atomic E-state index is 12.4. The molecule has 1 aliphatic rings. The van der Waals surface area contributed by atoms with Gasteiger partial charge in [-0.2, -0.15) is 10.1 Å². The highest BCUT2D eigenvalue weighted by Crippen LogP contribution is 2.29. The van der Waals surface area contributed by atoms with Crippen molar-refractivity contribution in [1.29, 1.82) is 0 Å². The molecule has 1 fully saturated rings. The van der Waals surface area contributed by atoms with Crippen LogP contribution >= 0.6 is 0 Å². The van der Waals surface area contributed by atoms with Gasteiger partial charge in [0.25, 0.3) is 0 Å². The number of aromatic nitrogens is 7. The van der Waals surface area contributed by atoms with E-state index in [0.29, 0.717) is 48.0 Å². The standard InChI is InChI=1S/C22H26N8O3/c1-12-15-8-13(9-23-17(15)28-27-12)18-26-16-19(29(18)5)24-11-25-20(16)32-14-6-7-30(10-14)21(31)33-22(2,3)4/h8-9,11,14H,6-7,10H2,1-5H3,(H,23,27,28). The zero-order valence-corrected chi connectivity index (χ0v) is 19.3. The van der Waals surface area contributed by atoms with Crippen molar-refractivity contribution in [3.63, 3.8) is 0 Å². The zero-order chi connectivity index (χ0) is 23.3. The van der Waals surface area contributed by atoms with Crippen LogP contribution in [0.3, 0.4) is 0 Å². The van der Waals surface area contributed by atoms with E-state index in [-0.39, 0.29) is 12.2 Å². The molecule has 0 spiro atoms. The quantitative estimate of drug-likeness (QED) is 0.505. The molecule has 0 aromatic carbocycles. The largest absolute Gasteiger partial charge is 0.471 e. The molecule has 5 heterocycles. The normalized spacial score (nSPS) is 16.6. The van der Waals surface area contributed by atoms with E-state index in [9.17, 15) is 4.79 Å². The number of aryl methyl sites for hydroxylation is 2. The van der Waals surface area contributed by atoms with Crippen LogP contribution in [-0.4, -0.2) is 70.5 Å². The van der Waals surface area contributed by atoms with E-state index >= 15 is 0 Å². The number of rotatable bonds is 3. The number of pyridine rings is 1. The molecule has 1 saturated heterocycles. The van der Waals surface area contributed by atoms with Crippen molar-refractivity contribution in [2.75, 3.05) is 13.1 Å². The Morgan fingerprint density at radius 2 is 2.06 bits per heavy atom. The molecular weight excluding hydrogens is 424 g/mol. The first-order valence-electron chi connectivity index (χ1n) is 10.8. The van der Waals surface area contributed by atoms with Gasteiger partial charge in [-0.15, -0.1) is 0 Å². The van der Waals surface area contributed by atoms with E-state index in [1.807, 2.05) is 45.4 Å². The first kappa shape index (κ1) is 21.1. The third kappa shape index (κ3) is 3.94. The Bertz CT molecular complexity index is 1350. The van der Waals surface area contributed by atoms with Gasteiger partial charge in [-0.3, -0.25) is 5.10 Å². The minimum Gasteiger partial charge on any atom is -0.471 e. The summed E-state index contributed by atoms with van der Waals surface area (Å²) in [6.07, 6.45) is 3.36. The van der Waals surface area contributed by atoms with Crippen LogP contribution in [-0.2, 0) is 11.8 Å². The monoisotopic (exact) mass is 450 g/mol. The highest BCUT2D eigenvalue weighted by Gasteiger charge is 2.32. The Labute approximate surface area is 190 Å². The molecule has 1 aliphatic heterocycles. The third-order valence-electron chi connectivity index (χ3n) is 5.56. The number of nitrogens with one attached hydrogen (secondary N) is 1. The molecule has 0 aliphatic carbocycles. The first-order chi connectivity index (χ1) is 15.7. The van der Waals surface area contributed by atoms with Crippen LogP contribution in [0.1, 0.15) is 32.9 Å². The predicted octanol–water partition coefficient (Wildman–Crippen LogP) is 3.00. The van der Waals surface area contributed by atoms with Crippen molar-refractivity contribution >= 4 is 28.3 Å². The number of nitrogens with zero attached hydrogens (tertiary/aromatic N) is 7. The molecule has 0 saturated carbocycles. The second-order valence-electron chi connectivity index (χ2n) is 9.24. The number of carbonyl (C=O) groups is 1. The summed E-state index contributed by atoms with van der Waals surface area (Å²) in [5.41, 5.74) is 3.13. The topological polar surface area (TPSA) is 124 Å². The second-order valence-corrected chi connectivity index (χ2v) is 9.24. The van der Waals surface area contributed by atoms with Crippen LogP contribution in [0, 0.1) is 6.92 Å². The second kappa shape index (κ2) is 7.68. The molecule has 4 aromatic heterocycles. The van der Waals surface area contributed by atoms with Crippen LogP contribution in [0.2, 0.25) is 0 Å². The molecule has 1 atom stereocenters. The van der Waals surface area contributed by atoms with Gasteiger partial charge in [0.15, 0.2) is 16.8 Å². The number of amides is 1. The fraction of sp³-hybridized carbons (Fsp3) is 0.455. The summed E-state index contributed by atoms with van der Waals surface area (Å²) in [4.78, 5) is 32.0. The third-order valence-corrected chi connectivity index (χ3v) is 5.56. The Kier molecular flexibility index (Phi) is 4.91. The number of imidazole rings is 1. The number of carbonyl (C=O) groups excluding carboxylic acids is 1. The van der Waals surface area contributed by atoms with Gasteiger partial charge in [-0.05, 0) is 33.8 Å². The van der Waals surface area contributed by atoms with Crippen LogP contribution in [0.25, 0.3) is 33.6 Å². The molecule has 4 aromatic rings. The highest BCUT2D eigenvalue weighted by atomic mass is 16.6. The van der Waals surface area contributed by atoms with Crippen molar-refractivity contribution in [1.82, 2.24) is 39.6 Å². The van der Waals surface area contributed by atoms with Gasteiger partial charge >= 0.3 is 6.09 Å². The summed E-state index contributed by atoms with van der Waals surface area (Å²) in [6, 6.07) is 2.01. The van der Waals surface area contributed by atoms with E-state index in [1.54, 1.807) is 11.1 Å². The van der Waals surface area contributed by atoms with Gasteiger partial charge in [-0.25, -0.2) is 19.7 Å². The van der Waals surface area contributed by atoms with Gasteiger partial charge in [0.2, 0.25) is 5.88 Å². The van der Waals surface area contributed by atoms with E-state index in [0.717, 1.165) is 16.6 Å². The summed E-state index contributed by atoms with van der Waals surface area (Å²) in [6.45, 7) is 8.51. The van der Waals surface area contributed by atoms with Crippen molar-refractivity contribution < 1.29 is 14.3 Å². The van der Waals surface area contributed by atoms with E-state index in [1.165, 1.54) is 6.33 Å². The number of likely N-dealkylation sites (tertiary alicyclic amines) is 1. The Morgan fingerprint density at radius 3 is 2.85 bits per heavy atom. The minimum atomic E-state index is -0.536. The summed E-state index contributed by atoms with van der Waals surface area (Å²) >= 11 is 0. The molecule has 1 amide bonds. The highest BCUT2D eigenvalue weighted by molar-refractivity contribution is 5.85. The van der Waals surface area contributed by atoms with Crippen LogP contribution in [0.4, 0.5) is 4.79 Å². The predicted molar refractivity (Wildman–Crippen MR) is 121 cm³/mol. The lowest BCUT2D eigenvalue weighted by Crippen LogP contribution is -2.36. The fourth-order valence-electron chi connectivity index (χ4n) is 3.94. The molecule has 5 rings (SSSR count). The molecule has 0 radical (unpaired) electrons. The van der Waals surface area contributed by atoms with E-state index in [4.69, 9.17) is 14.5 Å². The molecule has 0 bridgehead atoms.